The summed E-state index contributed by atoms with van der Waals surface area (Å²) < 4.78 is 0. The van der Waals surface area contributed by atoms with Gasteiger partial charge in [-0.3, -0.25) is 4.79 Å². The number of carbonyl (C=O) groups is 1. The Kier molecular flexibility index (Phi) is 4.08. The van der Waals surface area contributed by atoms with Crippen molar-refractivity contribution in [3.63, 3.8) is 0 Å². The molecule has 98 valence electrons. The van der Waals surface area contributed by atoms with Crippen LogP contribution in [0.2, 0.25) is 0 Å². The van der Waals surface area contributed by atoms with Crippen molar-refractivity contribution in [2.24, 2.45) is 11.3 Å². The zero-order valence-electron chi connectivity index (χ0n) is 11.2. The lowest BCUT2D eigenvalue weighted by Gasteiger charge is -2.28. The topological polar surface area (TPSA) is 41.1 Å². The van der Waals surface area contributed by atoms with E-state index in [0.717, 1.165) is 25.9 Å². The van der Waals surface area contributed by atoms with Gasteiger partial charge in [0.05, 0.1) is 0 Å². The molecular formula is C14H26N2O. The molecule has 2 atom stereocenters. The number of hydrogen-bond acceptors (Lipinski definition) is 2. The normalized spacial score (nSPS) is 33.1. The summed E-state index contributed by atoms with van der Waals surface area (Å²) in [7, 11) is 0. The molecule has 0 aromatic rings. The van der Waals surface area contributed by atoms with Crippen LogP contribution < -0.4 is 10.6 Å². The highest BCUT2D eigenvalue weighted by atomic mass is 16.2. The molecule has 0 spiro atoms. The second kappa shape index (κ2) is 5.38. The molecule has 2 N–H and O–H groups in total. The van der Waals surface area contributed by atoms with Gasteiger partial charge in [0.15, 0.2) is 0 Å². The van der Waals surface area contributed by atoms with Gasteiger partial charge in [-0.05, 0) is 37.6 Å². The van der Waals surface area contributed by atoms with Gasteiger partial charge in [-0.15, -0.1) is 0 Å². The van der Waals surface area contributed by atoms with Crippen LogP contribution in [0.25, 0.3) is 0 Å². The lowest BCUT2D eigenvalue weighted by molar-refractivity contribution is -0.128. The minimum Gasteiger partial charge on any atom is -0.352 e. The Morgan fingerprint density at radius 2 is 2.06 bits per heavy atom. The Balaban J connectivity index is 1.87. The van der Waals surface area contributed by atoms with Crippen LogP contribution in [-0.4, -0.2) is 25.0 Å². The van der Waals surface area contributed by atoms with Gasteiger partial charge in [0.25, 0.3) is 0 Å². The van der Waals surface area contributed by atoms with E-state index in [9.17, 15) is 4.79 Å². The molecule has 0 bridgehead atoms. The summed E-state index contributed by atoms with van der Waals surface area (Å²) in [5.74, 6) is 0.520. The van der Waals surface area contributed by atoms with E-state index in [-0.39, 0.29) is 11.3 Å². The van der Waals surface area contributed by atoms with E-state index in [0.29, 0.717) is 11.9 Å². The van der Waals surface area contributed by atoms with Gasteiger partial charge in [0, 0.05) is 18.5 Å². The Morgan fingerprint density at radius 1 is 1.24 bits per heavy atom. The van der Waals surface area contributed by atoms with E-state index < -0.39 is 0 Å². The first-order chi connectivity index (χ1) is 8.09. The number of hydrogen-bond donors (Lipinski definition) is 2. The fourth-order valence-electron chi connectivity index (χ4n) is 3.26. The number of carbonyl (C=O) groups excluding carboxylic acids is 1. The van der Waals surface area contributed by atoms with Crippen molar-refractivity contribution in [1.29, 1.82) is 0 Å². The van der Waals surface area contributed by atoms with Gasteiger partial charge in [-0.1, -0.05) is 26.7 Å². The van der Waals surface area contributed by atoms with Gasteiger partial charge >= 0.3 is 0 Å². The Bertz CT molecular complexity index is 267. The van der Waals surface area contributed by atoms with Crippen molar-refractivity contribution in [2.45, 2.75) is 58.4 Å². The van der Waals surface area contributed by atoms with Crippen LogP contribution in [0.4, 0.5) is 0 Å². The zero-order chi connectivity index (χ0) is 12.3. The molecule has 1 saturated carbocycles. The first-order valence-corrected chi connectivity index (χ1v) is 7.11. The van der Waals surface area contributed by atoms with Crippen molar-refractivity contribution in [2.75, 3.05) is 13.1 Å². The molecule has 1 aliphatic heterocycles. The van der Waals surface area contributed by atoms with Crippen molar-refractivity contribution in [1.82, 2.24) is 10.6 Å². The summed E-state index contributed by atoms with van der Waals surface area (Å²) >= 11 is 0. The maximum atomic E-state index is 12.3. The Labute approximate surface area is 105 Å². The Morgan fingerprint density at radius 3 is 2.76 bits per heavy atom. The number of nitrogens with one attached hydrogen (secondary N) is 2. The highest BCUT2D eigenvalue weighted by Crippen LogP contribution is 2.42. The monoisotopic (exact) mass is 238 g/mol. The predicted molar refractivity (Wildman–Crippen MR) is 69.8 cm³/mol. The number of rotatable bonds is 2. The molecule has 2 aliphatic rings. The van der Waals surface area contributed by atoms with Crippen LogP contribution >= 0.6 is 0 Å². The van der Waals surface area contributed by atoms with E-state index >= 15 is 0 Å². The second-order valence-electron chi connectivity index (χ2n) is 6.34. The molecule has 0 radical (unpaired) electrons. The van der Waals surface area contributed by atoms with Crippen LogP contribution in [0.3, 0.4) is 0 Å². The lowest BCUT2D eigenvalue weighted by Crippen LogP contribution is -2.45. The average molecular weight is 238 g/mol. The van der Waals surface area contributed by atoms with Gasteiger partial charge in [0.1, 0.15) is 0 Å². The maximum absolute atomic E-state index is 12.3. The minimum absolute atomic E-state index is 0.197. The highest BCUT2D eigenvalue weighted by molar-refractivity contribution is 5.80. The highest BCUT2D eigenvalue weighted by Gasteiger charge is 2.39. The SMILES string of the molecule is CC1(C)CCCC1C(=O)NC1CCCCNC1. The van der Waals surface area contributed by atoms with E-state index in [1.165, 1.54) is 25.7 Å². The first-order valence-electron chi connectivity index (χ1n) is 7.11. The van der Waals surface area contributed by atoms with E-state index in [1.54, 1.807) is 0 Å². The molecule has 1 amide bonds. The minimum atomic E-state index is 0.197. The summed E-state index contributed by atoms with van der Waals surface area (Å²) in [6.07, 6.45) is 7.06. The third kappa shape index (κ3) is 3.21. The molecule has 1 saturated heterocycles. The molecule has 2 fully saturated rings. The van der Waals surface area contributed by atoms with E-state index in [4.69, 9.17) is 0 Å². The zero-order valence-corrected chi connectivity index (χ0v) is 11.2. The largest absolute Gasteiger partial charge is 0.352 e. The lowest BCUT2D eigenvalue weighted by atomic mass is 9.81. The van der Waals surface area contributed by atoms with Gasteiger partial charge in [-0.25, -0.2) is 0 Å². The van der Waals surface area contributed by atoms with Crippen molar-refractivity contribution in [3.05, 3.63) is 0 Å². The third-order valence-electron chi connectivity index (χ3n) is 4.47. The third-order valence-corrected chi connectivity index (χ3v) is 4.47. The van der Waals surface area contributed by atoms with Crippen molar-refractivity contribution >= 4 is 5.91 Å². The molecule has 17 heavy (non-hydrogen) atoms. The standard InChI is InChI=1S/C14H26N2O/c1-14(2)8-5-7-12(14)13(17)16-11-6-3-4-9-15-10-11/h11-12,15H,3-10H2,1-2H3,(H,16,17). The maximum Gasteiger partial charge on any atom is 0.223 e. The van der Waals surface area contributed by atoms with Crippen LogP contribution in [0.15, 0.2) is 0 Å². The molecule has 3 nitrogen and oxygen atoms in total. The van der Waals surface area contributed by atoms with Crippen molar-refractivity contribution < 1.29 is 4.79 Å². The fraction of sp³-hybridized carbons (Fsp3) is 0.929. The Hall–Kier alpha value is -0.570. The van der Waals surface area contributed by atoms with Crippen molar-refractivity contribution in [3.8, 4) is 0 Å². The van der Waals surface area contributed by atoms with Gasteiger partial charge in [-0.2, -0.15) is 0 Å². The van der Waals surface area contributed by atoms with E-state index in [1.807, 2.05) is 0 Å². The molecule has 0 aromatic carbocycles. The average Bonchev–Trinajstić information content (AvgIpc) is 2.50. The first kappa shape index (κ1) is 12.9. The van der Waals surface area contributed by atoms with E-state index in [2.05, 4.69) is 24.5 Å². The summed E-state index contributed by atoms with van der Waals surface area (Å²) in [6.45, 7) is 6.51. The quantitative estimate of drug-likeness (QED) is 0.773. The molecule has 2 unspecified atom stereocenters. The van der Waals surface area contributed by atoms with Crippen LogP contribution in [0.1, 0.15) is 52.4 Å². The van der Waals surface area contributed by atoms with Crippen LogP contribution in [0.5, 0.6) is 0 Å². The fourth-order valence-corrected chi connectivity index (χ4v) is 3.26. The second-order valence-corrected chi connectivity index (χ2v) is 6.34. The molecule has 1 heterocycles. The summed E-state index contributed by atoms with van der Waals surface area (Å²) in [5.41, 5.74) is 0.197. The van der Waals surface area contributed by atoms with Crippen LogP contribution in [0, 0.1) is 11.3 Å². The van der Waals surface area contributed by atoms with Crippen LogP contribution in [-0.2, 0) is 4.79 Å². The molecule has 2 rings (SSSR count). The predicted octanol–water partition coefficient (Wildman–Crippen LogP) is 2.07. The smallest absolute Gasteiger partial charge is 0.223 e. The molecule has 0 aromatic heterocycles. The number of amides is 1. The van der Waals surface area contributed by atoms with Gasteiger partial charge in [0.2, 0.25) is 5.91 Å². The summed E-state index contributed by atoms with van der Waals surface area (Å²) in [6, 6.07) is 0.349. The molecule has 1 aliphatic carbocycles. The van der Waals surface area contributed by atoms with Gasteiger partial charge < -0.3 is 10.6 Å². The molecule has 3 heteroatoms. The summed E-state index contributed by atoms with van der Waals surface area (Å²) in [4.78, 5) is 12.3. The molecular weight excluding hydrogens is 212 g/mol. The summed E-state index contributed by atoms with van der Waals surface area (Å²) in [5, 5.41) is 6.65.